The van der Waals surface area contributed by atoms with Gasteiger partial charge in [-0.05, 0) is 54.7 Å². The molecule has 2 aliphatic rings. The van der Waals surface area contributed by atoms with Gasteiger partial charge in [0.2, 0.25) is 5.91 Å². The Morgan fingerprint density at radius 2 is 1.68 bits per heavy atom. The van der Waals surface area contributed by atoms with E-state index in [9.17, 15) is 9.59 Å². The molecule has 40 heavy (non-hydrogen) atoms. The number of benzene rings is 3. The van der Waals surface area contributed by atoms with Gasteiger partial charge in [0.1, 0.15) is 0 Å². The highest BCUT2D eigenvalue weighted by Crippen LogP contribution is 2.35. The Kier molecular flexibility index (Phi) is 7.80. The Labute approximate surface area is 240 Å². The summed E-state index contributed by atoms with van der Waals surface area (Å²) < 4.78 is 0. The van der Waals surface area contributed by atoms with Gasteiger partial charge in [-0.1, -0.05) is 66.2 Å². The number of rotatable bonds is 4. The second-order valence-electron chi connectivity index (χ2n) is 10.8. The highest BCUT2D eigenvalue weighted by Gasteiger charge is 2.35. The third-order valence-electron chi connectivity index (χ3n) is 7.81. The first kappa shape index (κ1) is 26.5. The molecule has 1 saturated carbocycles. The molecule has 3 aromatic carbocycles. The molecule has 204 valence electrons. The first-order chi connectivity index (χ1) is 19.5. The van der Waals surface area contributed by atoms with Gasteiger partial charge in [-0.2, -0.15) is 0 Å². The lowest BCUT2D eigenvalue weighted by atomic mass is 10.1. The van der Waals surface area contributed by atoms with Crippen LogP contribution in [0.3, 0.4) is 0 Å². The number of carbonyl (C=O) groups is 2. The van der Waals surface area contributed by atoms with E-state index < -0.39 is 0 Å². The molecule has 6 nitrogen and oxygen atoms in total. The normalized spacial score (nSPS) is 16.8. The maximum Gasteiger partial charge on any atom is 0.255 e. The minimum atomic E-state index is -0.0712. The number of nitrogens with zero attached hydrogens (tertiary/aromatic N) is 4. The van der Waals surface area contributed by atoms with Crippen molar-refractivity contribution in [1.29, 1.82) is 0 Å². The van der Waals surface area contributed by atoms with Gasteiger partial charge in [0.25, 0.3) is 5.91 Å². The maximum absolute atomic E-state index is 14.0. The molecule has 1 aliphatic carbocycles. The van der Waals surface area contributed by atoms with Gasteiger partial charge >= 0.3 is 0 Å². The summed E-state index contributed by atoms with van der Waals surface area (Å²) in [6, 6.07) is 25.9. The van der Waals surface area contributed by atoms with Crippen LogP contribution in [-0.2, 0) is 17.9 Å². The van der Waals surface area contributed by atoms with Crippen molar-refractivity contribution in [3.05, 3.63) is 107 Å². The van der Waals surface area contributed by atoms with Crippen LogP contribution in [0.2, 0.25) is 5.02 Å². The smallest absolute Gasteiger partial charge is 0.255 e. The molecule has 4 aromatic rings. The van der Waals surface area contributed by atoms with E-state index in [1.807, 2.05) is 64.4 Å². The van der Waals surface area contributed by atoms with Gasteiger partial charge < -0.3 is 9.80 Å². The number of amides is 2. The quantitative estimate of drug-likeness (QED) is 0.303. The molecule has 0 saturated heterocycles. The Balaban J connectivity index is 1.36. The van der Waals surface area contributed by atoms with Crippen molar-refractivity contribution in [1.82, 2.24) is 14.8 Å². The van der Waals surface area contributed by atoms with Crippen LogP contribution in [0.1, 0.15) is 40.7 Å². The van der Waals surface area contributed by atoms with Crippen LogP contribution in [-0.4, -0.2) is 52.8 Å². The van der Waals surface area contributed by atoms with Gasteiger partial charge in [0.05, 0.1) is 16.8 Å². The van der Waals surface area contributed by atoms with E-state index in [4.69, 9.17) is 11.6 Å². The molecule has 6 rings (SSSR count). The van der Waals surface area contributed by atoms with Crippen LogP contribution in [0.5, 0.6) is 0 Å². The van der Waals surface area contributed by atoms with Crippen molar-refractivity contribution in [2.24, 2.45) is 5.92 Å². The average Bonchev–Trinajstić information content (AvgIpc) is 3.83. The average molecular weight is 553 g/mol. The van der Waals surface area contributed by atoms with Crippen LogP contribution in [0.4, 0.5) is 5.69 Å². The Bertz CT molecular complexity index is 1520. The molecular weight excluding hydrogens is 520 g/mol. The Hall–Kier alpha value is -3.74. The highest BCUT2D eigenvalue weighted by atomic mass is 35.5. The summed E-state index contributed by atoms with van der Waals surface area (Å²) in [6.07, 6.45) is 4.37. The minimum Gasteiger partial charge on any atom is -0.333 e. The summed E-state index contributed by atoms with van der Waals surface area (Å²) in [7, 11) is 0. The molecule has 1 fully saturated rings. The first-order valence-corrected chi connectivity index (χ1v) is 14.4. The molecule has 0 spiro atoms. The molecule has 2 heterocycles. The second-order valence-corrected chi connectivity index (χ2v) is 11.2. The number of carbonyl (C=O) groups excluding carboxylic acids is 2. The lowest BCUT2D eigenvalue weighted by molar-refractivity contribution is -0.119. The predicted molar refractivity (Wildman–Crippen MR) is 159 cm³/mol. The predicted octanol–water partition coefficient (Wildman–Crippen LogP) is 6.18. The monoisotopic (exact) mass is 552 g/mol. The summed E-state index contributed by atoms with van der Waals surface area (Å²) in [6.45, 7) is 3.88. The van der Waals surface area contributed by atoms with Crippen LogP contribution in [0.25, 0.3) is 10.9 Å². The summed E-state index contributed by atoms with van der Waals surface area (Å²) in [5, 5.41) is 1.52. The van der Waals surface area contributed by atoms with E-state index in [0.29, 0.717) is 30.2 Å². The van der Waals surface area contributed by atoms with Crippen molar-refractivity contribution < 1.29 is 9.59 Å². The summed E-state index contributed by atoms with van der Waals surface area (Å²) in [4.78, 5) is 38.3. The fourth-order valence-electron chi connectivity index (χ4n) is 5.48. The third kappa shape index (κ3) is 6.03. The van der Waals surface area contributed by atoms with Crippen LogP contribution >= 0.6 is 11.6 Å². The molecule has 0 bridgehead atoms. The highest BCUT2D eigenvalue weighted by molar-refractivity contribution is 6.31. The van der Waals surface area contributed by atoms with Crippen LogP contribution < -0.4 is 4.90 Å². The van der Waals surface area contributed by atoms with E-state index in [1.54, 1.807) is 6.20 Å². The number of pyridine rings is 1. The largest absolute Gasteiger partial charge is 0.333 e. The van der Waals surface area contributed by atoms with E-state index in [2.05, 4.69) is 34.1 Å². The molecule has 1 aliphatic heterocycles. The van der Waals surface area contributed by atoms with Crippen molar-refractivity contribution in [3.8, 4) is 0 Å². The standard InChI is InChI=1S/C33H33ClN4O2/c34-29-14-13-27-23-37(32(39)28-19-26-9-4-5-10-30(26)35-21-28)18-17-36(22-24-7-2-1-3-8-24)15-6-16-38(31(27)20-29)33(40)25-11-12-25/h1-5,7-10,13-14,19-21,25H,6,11-12,15-18,22-23H2. The molecule has 2 amide bonds. The summed E-state index contributed by atoms with van der Waals surface area (Å²) >= 11 is 6.47. The molecule has 0 unspecified atom stereocenters. The summed E-state index contributed by atoms with van der Waals surface area (Å²) in [5.41, 5.74) is 4.40. The zero-order valence-electron chi connectivity index (χ0n) is 22.5. The lowest BCUT2D eigenvalue weighted by Gasteiger charge is -2.28. The Morgan fingerprint density at radius 1 is 0.875 bits per heavy atom. The fourth-order valence-corrected chi connectivity index (χ4v) is 5.64. The van der Waals surface area contributed by atoms with Gasteiger partial charge in [0.15, 0.2) is 0 Å². The van der Waals surface area contributed by atoms with Crippen molar-refractivity contribution in [2.75, 3.05) is 31.1 Å². The zero-order chi connectivity index (χ0) is 27.5. The molecule has 7 heteroatoms. The van der Waals surface area contributed by atoms with Crippen molar-refractivity contribution in [2.45, 2.75) is 32.4 Å². The second kappa shape index (κ2) is 11.8. The summed E-state index contributed by atoms with van der Waals surface area (Å²) in [5.74, 6) is 0.172. The molecule has 1 aromatic heterocycles. The van der Waals surface area contributed by atoms with Crippen molar-refractivity contribution >= 4 is 40.0 Å². The molecule has 0 radical (unpaired) electrons. The van der Waals surface area contributed by atoms with Gasteiger partial charge in [0, 0.05) is 61.8 Å². The van der Waals surface area contributed by atoms with E-state index in [1.165, 1.54) is 5.56 Å². The number of para-hydroxylation sites is 1. The molecule has 0 atom stereocenters. The van der Waals surface area contributed by atoms with E-state index >= 15 is 0 Å². The fraction of sp³-hybridized carbons (Fsp3) is 0.303. The number of fused-ring (bicyclic) bond motifs is 2. The van der Waals surface area contributed by atoms with Crippen molar-refractivity contribution in [3.63, 3.8) is 0 Å². The third-order valence-corrected chi connectivity index (χ3v) is 8.04. The molecular formula is C33H33ClN4O2. The number of hydrogen-bond donors (Lipinski definition) is 0. The number of halogens is 1. The maximum atomic E-state index is 14.0. The van der Waals surface area contributed by atoms with E-state index in [0.717, 1.165) is 61.1 Å². The number of hydrogen-bond acceptors (Lipinski definition) is 4. The Morgan fingerprint density at radius 3 is 2.50 bits per heavy atom. The number of anilines is 1. The first-order valence-electron chi connectivity index (χ1n) is 14.1. The topological polar surface area (TPSA) is 56.8 Å². The minimum absolute atomic E-state index is 0.0712. The van der Waals surface area contributed by atoms with Crippen LogP contribution in [0.15, 0.2) is 85.1 Å². The van der Waals surface area contributed by atoms with Gasteiger partial charge in [-0.25, -0.2) is 0 Å². The van der Waals surface area contributed by atoms with E-state index in [-0.39, 0.29) is 17.7 Å². The molecule has 0 N–H and O–H groups in total. The number of aromatic nitrogens is 1. The SMILES string of the molecule is O=C(c1cnc2ccccc2c1)N1CCN(Cc2ccccc2)CCCN(C(=O)C2CC2)c2cc(Cl)ccc2C1. The van der Waals surface area contributed by atoms with Gasteiger partial charge in [-0.3, -0.25) is 19.5 Å². The van der Waals surface area contributed by atoms with Gasteiger partial charge in [-0.15, -0.1) is 0 Å². The lowest BCUT2D eigenvalue weighted by Crippen LogP contribution is -2.38. The van der Waals surface area contributed by atoms with Crippen LogP contribution in [0, 0.1) is 5.92 Å². The zero-order valence-corrected chi connectivity index (χ0v) is 23.3.